The number of hydrogen-bond acceptors (Lipinski definition) is 6. The summed E-state index contributed by atoms with van der Waals surface area (Å²) >= 11 is 5.90. The summed E-state index contributed by atoms with van der Waals surface area (Å²) in [6, 6.07) is 18.4. The van der Waals surface area contributed by atoms with Gasteiger partial charge in [0.1, 0.15) is 18.9 Å². The number of halogens is 1. The van der Waals surface area contributed by atoms with Gasteiger partial charge in [0.25, 0.3) is 10.0 Å². The summed E-state index contributed by atoms with van der Waals surface area (Å²) in [5, 5.41) is 3.05. The average Bonchev–Trinajstić information content (AvgIpc) is 2.86. The highest BCUT2D eigenvalue weighted by molar-refractivity contribution is 7.92. The van der Waals surface area contributed by atoms with Gasteiger partial charge in [-0.15, -0.1) is 0 Å². The molecule has 37 heavy (non-hydrogen) atoms. The number of ether oxygens (including phenoxy) is 1. The Labute approximate surface area is 222 Å². The van der Waals surface area contributed by atoms with E-state index in [1.807, 2.05) is 6.92 Å². The van der Waals surface area contributed by atoms with Gasteiger partial charge in [-0.1, -0.05) is 29.3 Å². The van der Waals surface area contributed by atoms with Crippen molar-refractivity contribution in [3.8, 4) is 5.75 Å². The summed E-state index contributed by atoms with van der Waals surface area (Å²) in [7, 11) is -4.69. The number of carbonyl (C=O) groups excluding carboxylic acids is 1. The molecule has 0 aliphatic carbocycles. The molecule has 9 nitrogen and oxygen atoms in total. The van der Waals surface area contributed by atoms with Gasteiger partial charge >= 0.3 is 0 Å². The molecule has 0 saturated heterocycles. The number of nitrogens with one attached hydrogen (secondary N) is 1. The third-order valence-corrected chi connectivity index (χ3v) is 9.18. The largest absolute Gasteiger partial charge is 0.492 e. The molecule has 0 heterocycles. The van der Waals surface area contributed by atoms with E-state index in [9.17, 15) is 21.6 Å². The van der Waals surface area contributed by atoms with Crippen molar-refractivity contribution in [3.63, 3.8) is 0 Å². The van der Waals surface area contributed by atoms with E-state index in [0.29, 0.717) is 16.5 Å². The Bertz CT molecular complexity index is 1430. The fourth-order valence-corrected chi connectivity index (χ4v) is 5.67. The molecule has 0 aliphatic heterocycles. The zero-order chi connectivity index (χ0) is 27.2. The lowest BCUT2D eigenvalue weighted by atomic mass is 10.2. The van der Waals surface area contributed by atoms with E-state index in [4.69, 9.17) is 16.3 Å². The predicted octanol–water partition coefficient (Wildman–Crippen LogP) is 3.29. The van der Waals surface area contributed by atoms with Crippen LogP contribution < -0.4 is 14.4 Å². The molecule has 3 aromatic carbocycles. The first-order valence-corrected chi connectivity index (χ1v) is 14.4. The van der Waals surface area contributed by atoms with Gasteiger partial charge in [0.2, 0.25) is 15.9 Å². The summed E-state index contributed by atoms with van der Waals surface area (Å²) in [6.45, 7) is 1.65. The first-order valence-electron chi connectivity index (χ1n) is 11.2. The first-order chi connectivity index (χ1) is 17.4. The molecule has 1 amide bonds. The third-order valence-electron chi connectivity index (χ3n) is 5.31. The number of benzene rings is 3. The molecule has 0 radical (unpaired) electrons. The number of hydrogen-bond donors (Lipinski definition) is 1. The minimum Gasteiger partial charge on any atom is -0.492 e. The first kappa shape index (κ1) is 28.5. The van der Waals surface area contributed by atoms with Crippen molar-refractivity contribution in [2.45, 2.75) is 16.7 Å². The van der Waals surface area contributed by atoms with Crippen LogP contribution in [0.5, 0.6) is 5.75 Å². The molecule has 0 atom stereocenters. The van der Waals surface area contributed by atoms with Crippen LogP contribution in [0.3, 0.4) is 0 Å². The maximum Gasteiger partial charge on any atom is 0.264 e. The topological polar surface area (TPSA) is 113 Å². The van der Waals surface area contributed by atoms with Gasteiger partial charge in [0.15, 0.2) is 0 Å². The van der Waals surface area contributed by atoms with Crippen molar-refractivity contribution in [2.75, 3.05) is 38.1 Å². The molecular formula is C25H28ClN3O6S2. The van der Waals surface area contributed by atoms with Gasteiger partial charge in [0, 0.05) is 19.1 Å². The quantitative estimate of drug-likeness (QED) is 0.357. The smallest absolute Gasteiger partial charge is 0.264 e. The van der Waals surface area contributed by atoms with Crippen LogP contribution in [0.4, 0.5) is 5.69 Å². The van der Waals surface area contributed by atoms with E-state index < -0.39 is 32.5 Å². The third kappa shape index (κ3) is 7.22. The van der Waals surface area contributed by atoms with Crippen LogP contribution in [-0.4, -0.2) is 60.8 Å². The van der Waals surface area contributed by atoms with Crippen LogP contribution in [0.25, 0.3) is 0 Å². The lowest BCUT2D eigenvalue weighted by Crippen LogP contribution is -2.41. The monoisotopic (exact) mass is 565 g/mol. The highest BCUT2D eigenvalue weighted by Gasteiger charge is 2.27. The summed E-state index contributed by atoms with van der Waals surface area (Å²) in [6.07, 6.45) is 0. The molecule has 0 saturated carbocycles. The molecule has 3 aromatic rings. The zero-order valence-electron chi connectivity index (χ0n) is 20.6. The van der Waals surface area contributed by atoms with Crippen molar-refractivity contribution in [2.24, 2.45) is 0 Å². The van der Waals surface area contributed by atoms with Crippen LogP contribution in [0.1, 0.15) is 5.56 Å². The standard InChI is InChI=1S/C25H28ClN3O6S2/c1-19-4-8-21(9-5-19)29(37(33,34)24-12-6-20(26)7-13-24)18-25(30)27-16-17-35-22-10-14-23(15-11-22)36(31,32)28(2)3/h4-15H,16-18H2,1-3H3,(H,27,30). The molecule has 12 heteroatoms. The van der Waals surface area contributed by atoms with Gasteiger partial charge < -0.3 is 10.1 Å². The van der Waals surface area contributed by atoms with Gasteiger partial charge in [-0.2, -0.15) is 0 Å². The Morgan fingerprint density at radius 2 is 1.38 bits per heavy atom. The van der Waals surface area contributed by atoms with Crippen LogP contribution in [0.2, 0.25) is 5.02 Å². The summed E-state index contributed by atoms with van der Waals surface area (Å²) in [5.74, 6) is -0.0901. The summed E-state index contributed by atoms with van der Waals surface area (Å²) < 4.78 is 58.7. The number of carbonyl (C=O) groups is 1. The fourth-order valence-electron chi connectivity index (χ4n) is 3.22. The number of rotatable bonds is 11. The van der Waals surface area contributed by atoms with E-state index in [-0.39, 0.29) is 22.9 Å². The molecular weight excluding hydrogens is 538 g/mol. The van der Waals surface area contributed by atoms with Crippen LogP contribution in [0.15, 0.2) is 82.6 Å². The van der Waals surface area contributed by atoms with Crippen molar-refractivity contribution < 1.29 is 26.4 Å². The Kier molecular flexibility index (Phi) is 9.19. The molecule has 0 spiro atoms. The Hall–Kier alpha value is -3.12. The summed E-state index contributed by atoms with van der Waals surface area (Å²) in [5.41, 5.74) is 1.29. The predicted molar refractivity (Wildman–Crippen MR) is 143 cm³/mol. The highest BCUT2D eigenvalue weighted by Crippen LogP contribution is 2.25. The molecule has 198 valence electrons. The minimum absolute atomic E-state index is 0.00772. The molecule has 0 bridgehead atoms. The molecule has 1 N–H and O–H groups in total. The normalized spacial score (nSPS) is 11.8. The van der Waals surface area contributed by atoms with Gasteiger partial charge in [-0.25, -0.2) is 21.1 Å². The SMILES string of the molecule is Cc1ccc(N(CC(=O)NCCOc2ccc(S(=O)(=O)N(C)C)cc2)S(=O)(=O)c2ccc(Cl)cc2)cc1. The van der Waals surface area contributed by atoms with Crippen molar-refractivity contribution >= 4 is 43.2 Å². The lowest BCUT2D eigenvalue weighted by Gasteiger charge is -2.24. The van der Waals surface area contributed by atoms with E-state index >= 15 is 0 Å². The maximum absolute atomic E-state index is 13.4. The highest BCUT2D eigenvalue weighted by atomic mass is 35.5. The van der Waals surface area contributed by atoms with Crippen molar-refractivity contribution in [3.05, 3.63) is 83.4 Å². The van der Waals surface area contributed by atoms with Crippen molar-refractivity contribution in [1.82, 2.24) is 9.62 Å². The molecule has 0 aliphatic rings. The van der Waals surface area contributed by atoms with E-state index in [1.54, 1.807) is 24.3 Å². The van der Waals surface area contributed by atoms with Crippen LogP contribution >= 0.6 is 11.6 Å². The lowest BCUT2D eigenvalue weighted by molar-refractivity contribution is -0.119. The second-order valence-electron chi connectivity index (χ2n) is 8.26. The molecule has 0 unspecified atom stereocenters. The van der Waals surface area contributed by atoms with Gasteiger partial charge in [0.05, 0.1) is 22.0 Å². The number of amides is 1. The van der Waals surface area contributed by atoms with E-state index in [1.165, 1.54) is 62.6 Å². The Morgan fingerprint density at radius 3 is 1.95 bits per heavy atom. The molecule has 3 rings (SSSR count). The van der Waals surface area contributed by atoms with E-state index in [2.05, 4.69) is 5.32 Å². The number of aryl methyl sites for hydroxylation is 1. The second-order valence-corrected chi connectivity index (χ2v) is 12.7. The maximum atomic E-state index is 13.4. The second kappa shape index (κ2) is 12.0. The molecule has 0 aromatic heterocycles. The average molecular weight is 566 g/mol. The Morgan fingerprint density at radius 1 is 0.838 bits per heavy atom. The van der Waals surface area contributed by atoms with Crippen LogP contribution in [0, 0.1) is 6.92 Å². The number of nitrogens with zero attached hydrogens (tertiary/aromatic N) is 2. The minimum atomic E-state index is -4.04. The summed E-state index contributed by atoms with van der Waals surface area (Å²) in [4.78, 5) is 12.8. The zero-order valence-corrected chi connectivity index (χ0v) is 23.0. The molecule has 0 fully saturated rings. The van der Waals surface area contributed by atoms with Gasteiger partial charge in [-0.3, -0.25) is 9.10 Å². The fraction of sp³-hybridized carbons (Fsp3) is 0.240. The van der Waals surface area contributed by atoms with Crippen molar-refractivity contribution in [1.29, 1.82) is 0 Å². The van der Waals surface area contributed by atoms with Gasteiger partial charge in [-0.05, 0) is 67.6 Å². The number of anilines is 1. The number of sulfonamides is 2. The van der Waals surface area contributed by atoms with Crippen LogP contribution in [-0.2, 0) is 24.8 Å². The Balaban J connectivity index is 1.64. The van der Waals surface area contributed by atoms with E-state index in [0.717, 1.165) is 14.2 Å².